The lowest BCUT2D eigenvalue weighted by atomic mass is 10.1. The van der Waals surface area contributed by atoms with Crippen LogP contribution in [0.2, 0.25) is 0 Å². The molecule has 0 aromatic heterocycles. The number of nitrogens with one attached hydrogen (secondary N) is 2. The summed E-state index contributed by atoms with van der Waals surface area (Å²) in [5.41, 5.74) is 4.92. The largest absolute Gasteiger partial charge is 0.493 e. The van der Waals surface area contributed by atoms with E-state index in [4.69, 9.17) is 14.2 Å². The van der Waals surface area contributed by atoms with E-state index in [2.05, 4.69) is 15.8 Å². The average Bonchev–Trinajstić information content (AvgIpc) is 2.92. The fourth-order valence-electron chi connectivity index (χ4n) is 3.54. The van der Waals surface area contributed by atoms with Crippen LogP contribution in [-0.4, -0.2) is 38.4 Å². The summed E-state index contributed by atoms with van der Waals surface area (Å²) >= 11 is 0. The zero-order valence-electron chi connectivity index (χ0n) is 20.6. The molecule has 0 aliphatic heterocycles. The van der Waals surface area contributed by atoms with E-state index in [0.29, 0.717) is 28.5 Å². The van der Waals surface area contributed by atoms with Gasteiger partial charge in [0.15, 0.2) is 24.7 Å². The number of methoxy groups -OCH3 is 1. The predicted octanol–water partition coefficient (Wildman–Crippen LogP) is 4.70. The van der Waals surface area contributed by atoms with Gasteiger partial charge in [0.2, 0.25) is 0 Å². The first kappa shape index (κ1) is 25.2. The summed E-state index contributed by atoms with van der Waals surface area (Å²) in [5, 5.41) is 8.73. The van der Waals surface area contributed by atoms with Crippen LogP contribution in [0, 0.1) is 6.92 Å². The van der Waals surface area contributed by atoms with Crippen molar-refractivity contribution in [3.8, 4) is 17.2 Å². The molecule has 0 aliphatic rings. The van der Waals surface area contributed by atoms with E-state index in [-0.39, 0.29) is 19.1 Å². The summed E-state index contributed by atoms with van der Waals surface area (Å²) in [6.45, 7) is 1.63. The fraction of sp³-hybridized carbons (Fsp3) is 0.138. The molecule has 2 N–H and O–H groups in total. The summed E-state index contributed by atoms with van der Waals surface area (Å²) in [5.74, 6) is 0.787. The summed E-state index contributed by atoms with van der Waals surface area (Å²) < 4.78 is 16.7. The quantitative estimate of drug-likeness (QED) is 0.244. The zero-order valence-corrected chi connectivity index (χ0v) is 20.6. The molecule has 0 saturated carbocycles. The molecule has 4 aromatic rings. The van der Waals surface area contributed by atoms with Crippen molar-refractivity contribution in [3.63, 3.8) is 0 Å². The predicted molar refractivity (Wildman–Crippen MR) is 143 cm³/mol. The van der Waals surface area contributed by atoms with Crippen molar-refractivity contribution in [1.82, 2.24) is 5.43 Å². The number of hydrogen-bond acceptors (Lipinski definition) is 6. The molecule has 8 heteroatoms. The minimum absolute atomic E-state index is 0.175. The van der Waals surface area contributed by atoms with Gasteiger partial charge in [-0.05, 0) is 54.3 Å². The molecule has 2 amide bonds. The molecule has 0 radical (unpaired) electrons. The van der Waals surface area contributed by atoms with E-state index < -0.39 is 5.91 Å². The molecule has 0 fully saturated rings. The van der Waals surface area contributed by atoms with E-state index in [9.17, 15) is 9.59 Å². The molecule has 0 atom stereocenters. The Labute approximate surface area is 214 Å². The normalized spacial score (nSPS) is 10.8. The maximum absolute atomic E-state index is 12.2. The third-order valence-electron chi connectivity index (χ3n) is 5.39. The van der Waals surface area contributed by atoms with Gasteiger partial charge >= 0.3 is 0 Å². The number of nitrogens with zero attached hydrogens (tertiary/aromatic N) is 1. The molecular formula is C29H27N3O5. The van der Waals surface area contributed by atoms with Gasteiger partial charge < -0.3 is 19.5 Å². The van der Waals surface area contributed by atoms with Crippen molar-refractivity contribution in [2.24, 2.45) is 5.10 Å². The second kappa shape index (κ2) is 12.2. The molecule has 4 rings (SSSR count). The molecular weight excluding hydrogens is 470 g/mol. The highest BCUT2D eigenvalue weighted by Crippen LogP contribution is 2.28. The van der Waals surface area contributed by atoms with Gasteiger partial charge in [-0.15, -0.1) is 0 Å². The molecule has 0 heterocycles. The number of anilines is 1. The van der Waals surface area contributed by atoms with Gasteiger partial charge in [0.05, 0.1) is 13.3 Å². The maximum Gasteiger partial charge on any atom is 0.277 e. The number of hydrazone groups is 1. The highest BCUT2D eigenvalue weighted by molar-refractivity contribution is 5.92. The molecule has 0 saturated heterocycles. The summed E-state index contributed by atoms with van der Waals surface area (Å²) in [6, 6.07) is 26.1. The van der Waals surface area contributed by atoms with Crippen molar-refractivity contribution in [2.45, 2.75) is 6.92 Å². The maximum atomic E-state index is 12.2. The number of ether oxygens (including phenoxy) is 3. The Morgan fingerprint density at radius 3 is 2.35 bits per heavy atom. The van der Waals surface area contributed by atoms with E-state index in [1.54, 1.807) is 18.2 Å². The Hall–Kier alpha value is -4.85. The Morgan fingerprint density at radius 2 is 1.54 bits per heavy atom. The van der Waals surface area contributed by atoms with Crippen LogP contribution in [0.4, 0.5) is 5.69 Å². The van der Waals surface area contributed by atoms with E-state index in [0.717, 1.165) is 16.3 Å². The van der Waals surface area contributed by atoms with Crippen LogP contribution in [0.5, 0.6) is 17.2 Å². The smallest absolute Gasteiger partial charge is 0.277 e. The van der Waals surface area contributed by atoms with Gasteiger partial charge in [0, 0.05) is 11.1 Å². The van der Waals surface area contributed by atoms with Gasteiger partial charge in [-0.1, -0.05) is 54.1 Å². The Bertz CT molecular complexity index is 1410. The summed E-state index contributed by atoms with van der Waals surface area (Å²) in [4.78, 5) is 24.4. The Morgan fingerprint density at radius 1 is 0.811 bits per heavy atom. The number of amides is 2. The first-order chi connectivity index (χ1) is 18.0. The van der Waals surface area contributed by atoms with Crippen LogP contribution in [0.1, 0.15) is 11.1 Å². The number of hydrogen-bond donors (Lipinski definition) is 2. The number of fused-ring (bicyclic) bond motifs is 1. The van der Waals surface area contributed by atoms with E-state index in [1.807, 2.05) is 73.7 Å². The lowest BCUT2D eigenvalue weighted by Gasteiger charge is -2.11. The highest BCUT2D eigenvalue weighted by Gasteiger charge is 2.09. The monoisotopic (exact) mass is 497 g/mol. The van der Waals surface area contributed by atoms with E-state index >= 15 is 0 Å². The second-order valence-electron chi connectivity index (χ2n) is 8.17. The third kappa shape index (κ3) is 7.08. The topological polar surface area (TPSA) is 98.2 Å². The number of carbonyl (C=O) groups excluding carboxylic acids is 2. The van der Waals surface area contributed by atoms with E-state index in [1.165, 1.54) is 13.3 Å². The van der Waals surface area contributed by atoms with Crippen LogP contribution in [0.15, 0.2) is 90.0 Å². The molecule has 188 valence electrons. The van der Waals surface area contributed by atoms with Crippen LogP contribution in [0.25, 0.3) is 10.8 Å². The number of carbonyl (C=O) groups is 2. The number of rotatable bonds is 10. The number of benzene rings is 4. The van der Waals surface area contributed by atoms with Crippen molar-refractivity contribution in [3.05, 3.63) is 96.1 Å². The SMILES string of the molecule is COc1cc(/C=N\NC(=O)COc2cccc3ccccc23)ccc1OCC(=O)Nc1ccc(C)cc1. The van der Waals surface area contributed by atoms with Crippen LogP contribution >= 0.6 is 0 Å². The van der Waals surface area contributed by atoms with Gasteiger partial charge in [-0.25, -0.2) is 5.43 Å². The van der Waals surface area contributed by atoms with Crippen LogP contribution in [-0.2, 0) is 9.59 Å². The standard InChI is InChI=1S/C29H27N3O5/c1-20-10-13-23(14-11-20)31-28(33)18-37-26-15-12-21(16-27(26)35-2)17-30-32-29(34)19-36-25-9-5-7-22-6-3-4-8-24(22)25/h3-17H,18-19H2,1-2H3,(H,31,33)(H,32,34)/b30-17-. The highest BCUT2D eigenvalue weighted by atomic mass is 16.5. The van der Waals surface area contributed by atoms with Crippen molar-refractivity contribution in [1.29, 1.82) is 0 Å². The molecule has 8 nitrogen and oxygen atoms in total. The van der Waals surface area contributed by atoms with Gasteiger partial charge in [0.25, 0.3) is 11.8 Å². The number of aryl methyl sites for hydroxylation is 1. The zero-order chi connectivity index (χ0) is 26.0. The van der Waals surface area contributed by atoms with Gasteiger partial charge in [-0.2, -0.15) is 5.10 Å². The van der Waals surface area contributed by atoms with Crippen molar-refractivity contribution in [2.75, 3.05) is 25.6 Å². The van der Waals surface area contributed by atoms with Gasteiger partial charge in [-0.3, -0.25) is 9.59 Å². The fourth-order valence-corrected chi connectivity index (χ4v) is 3.54. The second-order valence-corrected chi connectivity index (χ2v) is 8.17. The molecule has 4 aromatic carbocycles. The Balaban J connectivity index is 1.27. The minimum Gasteiger partial charge on any atom is -0.493 e. The lowest BCUT2D eigenvalue weighted by Crippen LogP contribution is -2.24. The summed E-state index contributed by atoms with van der Waals surface area (Å²) in [7, 11) is 1.50. The third-order valence-corrected chi connectivity index (χ3v) is 5.39. The molecule has 0 aliphatic carbocycles. The molecule has 0 bridgehead atoms. The average molecular weight is 498 g/mol. The van der Waals surface area contributed by atoms with Crippen LogP contribution in [0.3, 0.4) is 0 Å². The Kier molecular flexibility index (Phi) is 8.33. The summed E-state index contributed by atoms with van der Waals surface area (Å²) in [6.07, 6.45) is 1.48. The van der Waals surface area contributed by atoms with Crippen LogP contribution < -0.4 is 25.0 Å². The van der Waals surface area contributed by atoms with Crippen molar-refractivity contribution >= 4 is 34.5 Å². The first-order valence-corrected chi connectivity index (χ1v) is 11.6. The molecule has 37 heavy (non-hydrogen) atoms. The lowest BCUT2D eigenvalue weighted by molar-refractivity contribution is -0.123. The molecule has 0 unspecified atom stereocenters. The van der Waals surface area contributed by atoms with Gasteiger partial charge in [0.1, 0.15) is 5.75 Å². The van der Waals surface area contributed by atoms with Crippen molar-refractivity contribution < 1.29 is 23.8 Å². The molecule has 0 spiro atoms. The minimum atomic E-state index is -0.393. The first-order valence-electron chi connectivity index (χ1n) is 11.6.